The molecule has 0 aliphatic heterocycles. The highest BCUT2D eigenvalue weighted by Crippen LogP contribution is 2.37. The minimum atomic E-state index is -2.80. The number of halogens is 3. The third-order valence-corrected chi connectivity index (χ3v) is 3.56. The number of aromatic nitrogens is 2. The number of aryl methyl sites for hydroxylation is 1. The van der Waals surface area contributed by atoms with Crippen molar-refractivity contribution in [3.8, 4) is 22.3 Å². The van der Waals surface area contributed by atoms with Gasteiger partial charge in [-0.05, 0) is 19.1 Å². The van der Waals surface area contributed by atoms with Gasteiger partial charge >= 0.3 is 0 Å². The topological polar surface area (TPSA) is 48.2 Å². The van der Waals surface area contributed by atoms with Gasteiger partial charge in [0.1, 0.15) is 17.3 Å². The Morgan fingerprint density at radius 3 is 2.77 bits per heavy atom. The van der Waals surface area contributed by atoms with Crippen LogP contribution in [0.5, 0.6) is 10.9 Å². The molecule has 0 bridgehead atoms. The van der Waals surface area contributed by atoms with Crippen LogP contribution in [0.4, 0.5) is 13.2 Å². The number of hydrogen-bond acceptors (Lipinski definition) is 5. The zero-order valence-corrected chi connectivity index (χ0v) is 12.0. The second-order valence-corrected chi connectivity index (χ2v) is 5.57. The maximum Gasteiger partial charge on any atom is 0.283 e. The summed E-state index contributed by atoms with van der Waals surface area (Å²) in [5, 5.41) is 3.54. The second kappa shape index (κ2) is 5.80. The molecule has 4 nitrogen and oxygen atoms in total. The van der Waals surface area contributed by atoms with Crippen LogP contribution in [0.15, 0.2) is 35.0 Å². The van der Waals surface area contributed by atoms with Crippen LogP contribution in [-0.4, -0.2) is 10.1 Å². The lowest BCUT2D eigenvalue weighted by atomic mass is 10.1. The average Bonchev–Trinajstić information content (AvgIpc) is 3.08. The summed E-state index contributed by atoms with van der Waals surface area (Å²) in [6.45, 7) is 1.85. The lowest BCUT2D eigenvalue weighted by Crippen LogP contribution is -1.90. The Morgan fingerprint density at radius 1 is 1.32 bits per heavy atom. The summed E-state index contributed by atoms with van der Waals surface area (Å²) >= 11 is 1.28. The molecule has 0 amide bonds. The summed E-state index contributed by atoms with van der Waals surface area (Å²) in [5.41, 5.74) is -0.635. The molecule has 3 aromatic rings. The highest BCUT2D eigenvalue weighted by molar-refractivity contribution is 7.13. The normalized spacial score (nSPS) is 11.1. The number of ether oxygens (including phenoxy) is 1. The first-order chi connectivity index (χ1) is 10.5. The SMILES string of the molecule is Cc1cnc(Oc2cccc(F)c2-c2cc(C(F)F)no2)s1. The van der Waals surface area contributed by atoms with E-state index in [1.165, 1.54) is 29.5 Å². The Morgan fingerprint density at radius 2 is 2.14 bits per heavy atom. The molecule has 0 unspecified atom stereocenters. The predicted molar refractivity (Wildman–Crippen MR) is 73.8 cm³/mol. The van der Waals surface area contributed by atoms with E-state index >= 15 is 0 Å². The van der Waals surface area contributed by atoms with Crippen LogP contribution in [0.1, 0.15) is 17.0 Å². The van der Waals surface area contributed by atoms with Crippen LogP contribution < -0.4 is 4.74 Å². The van der Waals surface area contributed by atoms with Crippen LogP contribution >= 0.6 is 11.3 Å². The number of hydrogen-bond donors (Lipinski definition) is 0. The van der Waals surface area contributed by atoms with Gasteiger partial charge in [0.2, 0.25) is 0 Å². The first-order valence-electron chi connectivity index (χ1n) is 6.18. The number of thiazole rings is 1. The van der Waals surface area contributed by atoms with Gasteiger partial charge < -0.3 is 9.26 Å². The van der Waals surface area contributed by atoms with Gasteiger partial charge in [0.25, 0.3) is 11.6 Å². The first kappa shape index (κ1) is 14.6. The van der Waals surface area contributed by atoms with E-state index in [9.17, 15) is 13.2 Å². The van der Waals surface area contributed by atoms with Gasteiger partial charge in [-0.1, -0.05) is 22.6 Å². The Labute approximate surface area is 127 Å². The number of alkyl halides is 2. The molecule has 2 aromatic heterocycles. The van der Waals surface area contributed by atoms with Gasteiger partial charge in [0.15, 0.2) is 5.76 Å². The van der Waals surface area contributed by atoms with Crippen LogP contribution in [0.3, 0.4) is 0 Å². The number of rotatable bonds is 4. The van der Waals surface area contributed by atoms with Crippen molar-refractivity contribution in [1.29, 1.82) is 0 Å². The van der Waals surface area contributed by atoms with E-state index < -0.39 is 17.9 Å². The van der Waals surface area contributed by atoms with E-state index in [1.54, 1.807) is 6.20 Å². The maximum absolute atomic E-state index is 14.1. The van der Waals surface area contributed by atoms with Crippen molar-refractivity contribution < 1.29 is 22.4 Å². The van der Waals surface area contributed by atoms with Crippen LogP contribution in [0.2, 0.25) is 0 Å². The van der Waals surface area contributed by atoms with E-state index in [0.29, 0.717) is 5.19 Å². The van der Waals surface area contributed by atoms with Crippen molar-refractivity contribution in [2.45, 2.75) is 13.3 Å². The van der Waals surface area contributed by atoms with E-state index in [2.05, 4.69) is 10.1 Å². The maximum atomic E-state index is 14.1. The second-order valence-electron chi connectivity index (χ2n) is 4.37. The number of benzene rings is 1. The average molecular weight is 326 g/mol. The molecule has 0 fully saturated rings. The third kappa shape index (κ3) is 2.82. The molecular formula is C14H9F3N2O2S. The highest BCUT2D eigenvalue weighted by Gasteiger charge is 2.21. The molecule has 0 saturated heterocycles. The van der Waals surface area contributed by atoms with Gasteiger partial charge in [0, 0.05) is 17.1 Å². The van der Waals surface area contributed by atoms with Gasteiger partial charge in [-0.15, -0.1) is 0 Å². The van der Waals surface area contributed by atoms with E-state index in [4.69, 9.17) is 9.26 Å². The monoisotopic (exact) mass is 326 g/mol. The first-order valence-corrected chi connectivity index (χ1v) is 7.00. The van der Waals surface area contributed by atoms with E-state index in [1.807, 2.05) is 6.92 Å². The van der Waals surface area contributed by atoms with Crippen LogP contribution in [0.25, 0.3) is 11.3 Å². The third-order valence-electron chi connectivity index (χ3n) is 2.77. The molecule has 0 radical (unpaired) electrons. The molecule has 0 aliphatic rings. The summed E-state index contributed by atoms with van der Waals surface area (Å²) in [7, 11) is 0. The fourth-order valence-electron chi connectivity index (χ4n) is 1.81. The molecule has 0 saturated carbocycles. The Bertz CT molecular complexity index is 801. The Hall–Kier alpha value is -2.35. The summed E-state index contributed by atoms with van der Waals surface area (Å²) < 4.78 is 49.6. The van der Waals surface area contributed by atoms with Crippen molar-refractivity contribution >= 4 is 11.3 Å². The fourth-order valence-corrected chi connectivity index (χ4v) is 2.43. The molecule has 0 aliphatic carbocycles. The van der Waals surface area contributed by atoms with Crippen molar-refractivity contribution in [1.82, 2.24) is 10.1 Å². The van der Waals surface area contributed by atoms with Crippen LogP contribution in [-0.2, 0) is 0 Å². The largest absolute Gasteiger partial charge is 0.430 e. The molecule has 1 aromatic carbocycles. The number of nitrogens with zero attached hydrogens (tertiary/aromatic N) is 2. The smallest absolute Gasteiger partial charge is 0.283 e. The highest BCUT2D eigenvalue weighted by atomic mass is 32.1. The van der Waals surface area contributed by atoms with Crippen molar-refractivity contribution in [2.24, 2.45) is 0 Å². The summed E-state index contributed by atoms with van der Waals surface area (Å²) in [5.74, 6) is -0.675. The molecule has 8 heteroatoms. The zero-order chi connectivity index (χ0) is 15.7. The fraction of sp³-hybridized carbons (Fsp3) is 0.143. The molecule has 0 N–H and O–H groups in total. The molecule has 0 spiro atoms. The minimum Gasteiger partial charge on any atom is -0.430 e. The zero-order valence-electron chi connectivity index (χ0n) is 11.2. The Balaban J connectivity index is 2.02. The Kier molecular flexibility index (Phi) is 3.84. The molecular weight excluding hydrogens is 317 g/mol. The quantitative estimate of drug-likeness (QED) is 0.679. The lowest BCUT2D eigenvalue weighted by Gasteiger charge is -2.07. The summed E-state index contributed by atoms with van der Waals surface area (Å²) in [4.78, 5) is 4.94. The van der Waals surface area contributed by atoms with Gasteiger partial charge in [-0.25, -0.2) is 18.2 Å². The van der Waals surface area contributed by atoms with E-state index in [-0.39, 0.29) is 17.1 Å². The minimum absolute atomic E-state index is 0.0743. The molecule has 114 valence electrons. The van der Waals surface area contributed by atoms with Crippen molar-refractivity contribution in [3.63, 3.8) is 0 Å². The van der Waals surface area contributed by atoms with Crippen molar-refractivity contribution in [2.75, 3.05) is 0 Å². The molecule has 2 heterocycles. The van der Waals surface area contributed by atoms with Gasteiger partial charge in [-0.3, -0.25) is 0 Å². The summed E-state index contributed by atoms with van der Waals surface area (Å²) in [6, 6.07) is 5.11. The summed E-state index contributed by atoms with van der Waals surface area (Å²) in [6.07, 6.45) is -1.18. The van der Waals surface area contributed by atoms with Gasteiger partial charge in [0.05, 0.1) is 5.56 Å². The van der Waals surface area contributed by atoms with Gasteiger partial charge in [-0.2, -0.15) is 0 Å². The van der Waals surface area contributed by atoms with E-state index in [0.717, 1.165) is 10.9 Å². The predicted octanol–water partition coefficient (Wildman–Crippen LogP) is 4.98. The molecule has 3 rings (SSSR count). The lowest BCUT2D eigenvalue weighted by molar-refractivity contribution is 0.140. The van der Waals surface area contributed by atoms with Crippen molar-refractivity contribution in [3.05, 3.63) is 46.9 Å². The van der Waals surface area contributed by atoms with Crippen LogP contribution in [0, 0.1) is 12.7 Å². The molecule has 22 heavy (non-hydrogen) atoms. The standard InChI is InChI=1S/C14H9F3N2O2S/c1-7-6-18-14(22-7)20-10-4-2-3-8(15)12(10)11-5-9(13(16)17)19-21-11/h2-6,13H,1H3. The molecule has 0 atom stereocenters.